The maximum Gasteiger partial charge on any atom is 0.220 e. The number of rotatable bonds is 2. The number of nitrogens with zero attached hydrogens (tertiary/aromatic N) is 2. The third-order valence-electron chi connectivity index (χ3n) is 1.48. The van der Waals surface area contributed by atoms with E-state index in [0.717, 1.165) is 17.7 Å². The Morgan fingerprint density at radius 1 is 1.64 bits per heavy atom. The van der Waals surface area contributed by atoms with E-state index in [9.17, 15) is 0 Å². The molecule has 3 N–H and O–H groups in total. The van der Waals surface area contributed by atoms with Gasteiger partial charge in [-0.25, -0.2) is 9.97 Å². The molecule has 0 saturated heterocycles. The molecule has 0 saturated carbocycles. The number of anilines is 1. The summed E-state index contributed by atoms with van der Waals surface area (Å²) in [5, 5.41) is 8.82. The highest BCUT2D eigenvalue weighted by Crippen LogP contribution is 2.06. The third-order valence-corrected chi connectivity index (χ3v) is 1.48. The molecule has 1 aromatic heterocycles. The van der Waals surface area contributed by atoms with Crippen molar-refractivity contribution < 1.29 is 5.11 Å². The molecule has 4 nitrogen and oxygen atoms in total. The summed E-state index contributed by atoms with van der Waals surface area (Å²) < 4.78 is 0. The number of aliphatic hydroxyl groups excluding tert-OH is 1. The quantitative estimate of drug-likeness (QED) is 0.632. The molecule has 1 rings (SSSR count). The molecule has 0 spiro atoms. The van der Waals surface area contributed by atoms with E-state index in [1.165, 1.54) is 0 Å². The van der Waals surface area contributed by atoms with Crippen molar-refractivity contribution in [3.05, 3.63) is 17.5 Å². The fourth-order valence-electron chi connectivity index (χ4n) is 0.896. The highest BCUT2D eigenvalue weighted by Gasteiger charge is 2.01. The van der Waals surface area contributed by atoms with Gasteiger partial charge in [0.05, 0.1) is 12.3 Å². The first-order valence-electron chi connectivity index (χ1n) is 3.49. The van der Waals surface area contributed by atoms with Gasteiger partial charge in [0.1, 0.15) is 0 Å². The lowest BCUT2D eigenvalue weighted by molar-refractivity contribution is 0.279. The number of aliphatic hydroxyl groups is 1. The summed E-state index contributed by atoms with van der Waals surface area (Å²) in [6.07, 6.45) is 2.32. The summed E-state index contributed by atoms with van der Waals surface area (Å²) in [4.78, 5) is 7.73. The van der Waals surface area contributed by atoms with Gasteiger partial charge >= 0.3 is 0 Å². The molecule has 0 aliphatic carbocycles. The topological polar surface area (TPSA) is 72.0 Å². The van der Waals surface area contributed by atoms with Crippen LogP contribution in [-0.4, -0.2) is 15.1 Å². The summed E-state index contributed by atoms with van der Waals surface area (Å²) in [5.74, 6) is 0.263. The summed E-state index contributed by atoms with van der Waals surface area (Å²) >= 11 is 0. The molecule has 0 unspecified atom stereocenters. The molecule has 0 bridgehead atoms. The largest absolute Gasteiger partial charge is 0.392 e. The number of hydrogen-bond acceptors (Lipinski definition) is 4. The first-order valence-corrected chi connectivity index (χ1v) is 3.49. The Kier molecular flexibility index (Phi) is 2.38. The first-order chi connectivity index (χ1) is 5.27. The van der Waals surface area contributed by atoms with Crippen LogP contribution in [0, 0.1) is 0 Å². The standard InChI is InChI=1S/C7H11N3O/c1-2-6-5(4-11)3-9-7(8)10-6/h3,11H,2,4H2,1H3,(H2,8,9,10). The smallest absolute Gasteiger partial charge is 0.220 e. The van der Waals surface area contributed by atoms with Crippen molar-refractivity contribution in [3.63, 3.8) is 0 Å². The average Bonchev–Trinajstić information content (AvgIpc) is 2.04. The zero-order valence-electron chi connectivity index (χ0n) is 6.41. The van der Waals surface area contributed by atoms with Crippen LogP contribution < -0.4 is 5.73 Å². The molecule has 11 heavy (non-hydrogen) atoms. The van der Waals surface area contributed by atoms with Crippen molar-refractivity contribution in [2.24, 2.45) is 0 Å². The van der Waals surface area contributed by atoms with E-state index in [0.29, 0.717) is 0 Å². The van der Waals surface area contributed by atoms with Crippen molar-refractivity contribution in [3.8, 4) is 0 Å². The molecule has 60 valence electrons. The van der Waals surface area contributed by atoms with Crippen molar-refractivity contribution in [1.82, 2.24) is 9.97 Å². The second kappa shape index (κ2) is 3.30. The Hall–Kier alpha value is -1.16. The second-order valence-corrected chi connectivity index (χ2v) is 2.21. The van der Waals surface area contributed by atoms with Crippen molar-refractivity contribution in [2.45, 2.75) is 20.0 Å². The van der Waals surface area contributed by atoms with Crippen molar-refractivity contribution >= 4 is 5.95 Å². The van der Waals surface area contributed by atoms with E-state index in [-0.39, 0.29) is 12.6 Å². The summed E-state index contributed by atoms with van der Waals surface area (Å²) in [6, 6.07) is 0. The minimum absolute atomic E-state index is 0.0244. The van der Waals surface area contributed by atoms with Crippen LogP contribution >= 0.6 is 0 Å². The second-order valence-electron chi connectivity index (χ2n) is 2.21. The summed E-state index contributed by atoms with van der Waals surface area (Å²) in [5.41, 5.74) is 6.92. The maximum atomic E-state index is 8.82. The zero-order chi connectivity index (χ0) is 8.27. The highest BCUT2D eigenvalue weighted by atomic mass is 16.3. The summed E-state index contributed by atoms with van der Waals surface area (Å²) in [6.45, 7) is 1.93. The van der Waals surface area contributed by atoms with E-state index >= 15 is 0 Å². The minimum Gasteiger partial charge on any atom is -0.392 e. The monoisotopic (exact) mass is 153 g/mol. The number of nitrogen functional groups attached to an aromatic ring is 1. The van der Waals surface area contributed by atoms with Gasteiger partial charge < -0.3 is 10.8 Å². The van der Waals surface area contributed by atoms with Crippen LogP contribution in [0.1, 0.15) is 18.2 Å². The van der Waals surface area contributed by atoms with Gasteiger partial charge in [0, 0.05) is 11.8 Å². The van der Waals surface area contributed by atoms with Crippen LogP contribution in [0.3, 0.4) is 0 Å². The average molecular weight is 153 g/mol. The van der Waals surface area contributed by atoms with Crippen molar-refractivity contribution in [2.75, 3.05) is 5.73 Å². The molecule has 1 heterocycles. The Bertz CT molecular complexity index is 249. The summed E-state index contributed by atoms with van der Waals surface area (Å²) in [7, 11) is 0. The van der Waals surface area contributed by atoms with Crippen LogP contribution in [0.5, 0.6) is 0 Å². The highest BCUT2D eigenvalue weighted by molar-refractivity contribution is 5.24. The van der Waals surface area contributed by atoms with E-state index in [1.807, 2.05) is 6.92 Å². The van der Waals surface area contributed by atoms with Crippen LogP contribution in [0.15, 0.2) is 6.20 Å². The van der Waals surface area contributed by atoms with E-state index in [2.05, 4.69) is 9.97 Å². The van der Waals surface area contributed by atoms with E-state index in [1.54, 1.807) is 6.20 Å². The Labute approximate surface area is 65.1 Å². The van der Waals surface area contributed by atoms with Gasteiger partial charge in [-0.15, -0.1) is 0 Å². The third kappa shape index (κ3) is 1.65. The molecule has 0 aliphatic heterocycles. The SMILES string of the molecule is CCc1nc(N)ncc1CO. The predicted octanol–water partition coefficient (Wildman–Crippen LogP) is 0.114. The zero-order valence-corrected chi connectivity index (χ0v) is 6.41. The normalized spacial score (nSPS) is 10.0. The van der Waals surface area contributed by atoms with Crippen molar-refractivity contribution in [1.29, 1.82) is 0 Å². The first kappa shape index (κ1) is 7.94. The van der Waals surface area contributed by atoms with E-state index < -0.39 is 0 Å². The molecule has 0 fully saturated rings. The van der Waals surface area contributed by atoms with Gasteiger partial charge in [0.15, 0.2) is 0 Å². The fraction of sp³-hybridized carbons (Fsp3) is 0.429. The molecular formula is C7H11N3O. The lowest BCUT2D eigenvalue weighted by Gasteiger charge is -2.02. The minimum atomic E-state index is -0.0244. The predicted molar refractivity (Wildman–Crippen MR) is 41.7 cm³/mol. The Morgan fingerprint density at radius 2 is 2.36 bits per heavy atom. The molecule has 0 radical (unpaired) electrons. The number of aryl methyl sites for hydroxylation is 1. The molecule has 0 amide bonds. The van der Waals surface area contributed by atoms with Gasteiger partial charge in [-0.05, 0) is 6.42 Å². The van der Waals surface area contributed by atoms with Gasteiger partial charge in [-0.3, -0.25) is 0 Å². The van der Waals surface area contributed by atoms with Crippen LogP contribution in [0.2, 0.25) is 0 Å². The lowest BCUT2D eigenvalue weighted by Crippen LogP contribution is -2.02. The molecule has 0 aromatic carbocycles. The molecule has 1 aromatic rings. The molecule has 0 atom stereocenters. The van der Waals surface area contributed by atoms with Gasteiger partial charge in [-0.1, -0.05) is 6.92 Å². The molecular weight excluding hydrogens is 142 g/mol. The van der Waals surface area contributed by atoms with Gasteiger partial charge in [0.2, 0.25) is 5.95 Å². The lowest BCUT2D eigenvalue weighted by atomic mass is 10.2. The number of nitrogens with two attached hydrogens (primary N) is 1. The van der Waals surface area contributed by atoms with Gasteiger partial charge in [0.25, 0.3) is 0 Å². The number of hydrogen-bond donors (Lipinski definition) is 2. The Morgan fingerprint density at radius 3 is 2.91 bits per heavy atom. The number of aromatic nitrogens is 2. The molecule has 4 heteroatoms. The maximum absolute atomic E-state index is 8.82. The van der Waals surface area contributed by atoms with Gasteiger partial charge in [-0.2, -0.15) is 0 Å². The molecule has 0 aliphatic rings. The van der Waals surface area contributed by atoms with Crippen LogP contribution in [-0.2, 0) is 13.0 Å². The Balaban J connectivity index is 3.06. The van der Waals surface area contributed by atoms with E-state index in [4.69, 9.17) is 10.8 Å². The van der Waals surface area contributed by atoms with Crippen LogP contribution in [0.25, 0.3) is 0 Å². The fourth-order valence-corrected chi connectivity index (χ4v) is 0.896. The van der Waals surface area contributed by atoms with Crippen LogP contribution in [0.4, 0.5) is 5.95 Å².